The Hall–Kier alpha value is -2.78. The van der Waals surface area contributed by atoms with Crippen molar-refractivity contribution in [1.29, 1.82) is 0 Å². The number of pyridine rings is 1. The Labute approximate surface area is 171 Å². The van der Waals surface area contributed by atoms with E-state index in [0.29, 0.717) is 30.4 Å². The molecule has 2 aromatic heterocycles. The van der Waals surface area contributed by atoms with Gasteiger partial charge in [0.25, 0.3) is 0 Å². The average Bonchev–Trinajstić information content (AvgIpc) is 2.98. The molecule has 0 saturated carbocycles. The maximum atomic E-state index is 12.7. The fraction of sp³-hybridized carbons (Fsp3) is 0.250. The van der Waals surface area contributed by atoms with Crippen LogP contribution in [0.25, 0.3) is 11.4 Å². The molecule has 3 aromatic rings. The molecule has 1 unspecified atom stereocenters. The number of aromatic nitrogens is 4. The third-order valence-corrected chi connectivity index (χ3v) is 4.79. The third-order valence-electron chi connectivity index (χ3n) is 4.36. The van der Waals surface area contributed by atoms with Crippen LogP contribution in [0.4, 0.5) is 13.2 Å². The number of quaternary nitrogens is 1. The maximum absolute atomic E-state index is 12.7. The van der Waals surface area contributed by atoms with Gasteiger partial charge in [0.15, 0.2) is 12.5 Å². The lowest BCUT2D eigenvalue weighted by Gasteiger charge is -2.14. The summed E-state index contributed by atoms with van der Waals surface area (Å²) >= 11 is 5.58. The van der Waals surface area contributed by atoms with E-state index < -0.39 is 11.7 Å². The highest BCUT2D eigenvalue weighted by Gasteiger charge is 2.30. The summed E-state index contributed by atoms with van der Waals surface area (Å²) in [4.78, 5) is 5.16. The van der Waals surface area contributed by atoms with Gasteiger partial charge in [0, 0.05) is 30.1 Å². The Morgan fingerprint density at radius 1 is 1.21 bits per heavy atom. The monoisotopic (exact) mass is 420 g/mol. The molecule has 0 saturated heterocycles. The zero-order valence-corrected chi connectivity index (χ0v) is 16.7. The number of hydrogen-bond donors (Lipinski definition) is 1. The van der Waals surface area contributed by atoms with Gasteiger partial charge in [0.05, 0.1) is 12.6 Å². The molecule has 0 aliphatic carbocycles. The molecule has 0 bridgehead atoms. The van der Waals surface area contributed by atoms with Gasteiger partial charge in [-0.05, 0) is 36.5 Å². The van der Waals surface area contributed by atoms with Crippen molar-refractivity contribution in [2.24, 2.45) is 0 Å². The first-order chi connectivity index (χ1) is 13.8. The first kappa shape index (κ1) is 20.9. The minimum Gasteiger partial charge on any atom is -0.315 e. The molecule has 0 amide bonds. The third kappa shape index (κ3) is 4.99. The van der Waals surface area contributed by atoms with Crippen molar-refractivity contribution in [1.82, 2.24) is 19.3 Å². The van der Waals surface area contributed by atoms with Crippen molar-refractivity contribution in [2.45, 2.75) is 25.9 Å². The van der Waals surface area contributed by atoms with Crippen molar-refractivity contribution in [2.75, 3.05) is 7.05 Å². The van der Waals surface area contributed by atoms with Crippen LogP contribution in [0, 0.1) is 4.77 Å². The van der Waals surface area contributed by atoms with Crippen LogP contribution in [0.15, 0.2) is 61.4 Å². The number of alkyl halides is 3. The first-order valence-electron chi connectivity index (χ1n) is 8.96. The number of rotatable bonds is 7. The van der Waals surface area contributed by atoms with E-state index in [1.165, 1.54) is 12.1 Å². The Bertz CT molecular complexity index is 1020. The zero-order chi connectivity index (χ0) is 21.0. The second kappa shape index (κ2) is 8.71. The highest BCUT2D eigenvalue weighted by Crippen LogP contribution is 2.29. The number of allylic oxidation sites excluding steroid dienone is 1. The molecule has 5 nitrogen and oxygen atoms in total. The van der Waals surface area contributed by atoms with E-state index in [2.05, 4.69) is 16.7 Å². The van der Waals surface area contributed by atoms with Gasteiger partial charge in [-0.3, -0.25) is 9.55 Å². The van der Waals surface area contributed by atoms with Crippen LogP contribution in [0.5, 0.6) is 0 Å². The van der Waals surface area contributed by atoms with Crippen LogP contribution in [0.3, 0.4) is 0 Å². The Balaban J connectivity index is 1.79. The Kier molecular flexibility index (Phi) is 6.29. The lowest BCUT2D eigenvalue weighted by Crippen LogP contribution is -3.07. The quantitative estimate of drug-likeness (QED) is 0.471. The molecule has 0 aliphatic rings. The first-order valence-corrected chi connectivity index (χ1v) is 9.37. The van der Waals surface area contributed by atoms with Crippen LogP contribution in [0.1, 0.15) is 11.1 Å². The second-order valence-electron chi connectivity index (χ2n) is 6.73. The smallest absolute Gasteiger partial charge is 0.315 e. The van der Waals surface area contributed by atoms with E-state index in [1.54, 1.807) is 23.2 Å². The molecule has 0 fully saturated rings. The summed E-state index contributed by atoms with van der Waals surface area (Å²) in [5.74, 6) is 0.699. The van der Waals surface area contributed by atoms with Gasteiger partial charge in [-0.15, -0.1) is 11.7 Å². The largest absolute Gasteiger partial charge is 0.416 e. The van der Waals surface area contributed by atoms with Gasteiger partial charge in [-0.2, -0.15) is 17.9 Å². The normalized spacial score (nSPS) is 12.7. The highest BCUT2D eigenvalue weighted by atomic mass is 32.1. The standard InChI is InChI=1S/C20H20F3N5S/c1-3-11-27-18(16-5-4-10-24-12-16)25-28(19(27)29)14-26(2)13-15-6-8-17(9-7-15)20(21,22)23/h3-10,12H,1,11,13-14H2,2H3/p+1. The summed E-state index contributed by atoms with van der Waals surface area (Å²) in [5, 5.41) is 4.64. The number of nitrogens with one attached hydrogen (secondary N) is 1. The maximum Gasteiger partial charge on any atom is 0.416 e. The molecule has 29 heavy (non-hydrogen) atoms. The van der Waals surface area contributed by atoms with Gasteiger partial charge < -0.3 is 4.90 Å². The molecule has 0 aliphatic heterocycles. The summed E-state index contributed by atoms with van der Waals surface area (Å²) in [5.41, 5.74) is 1.00. The highest BCUT2D eigenvalue weighted by molar-refractivity contribution is 7.71. The Morgan fingerprint density at radius 3 is 2.52 bits per heavy atom. The zero-order valence-electron chi connectivity index (χ0n) is 15.9. The van der Waals surface area contributed by atoms with Crippen molar-refractivity contribution in [3.63, 3.8) is 0 Å². The number of hydrogen-bond acceptors (Lipinski definition) is 3. The summed E-state index contributed by atoms with van der Waals surface area (Å²) in [7, 11) is 1.94. The summed E-state index contributed by atoms with van der Waals surface area (Å²) < 4.78 is 42.3. The van der Waals surface area contributed by atoms with Crippen LogP contribution < -0.4 is 4.90 Å². The molecule has 2 heterocycles. The predicted molar refractivity (Wildman–Crippen MR) is 107 cm³/mol. The van der Waals surface area contributed by atoms with Gasteiger partial charge in [0.2, 0.25) is 4.77 Å². The van der Waals surface area contributed by atoms with Gasteiger partial charge in [-0.25, -0.2) is 0 Å². The van der Waals surface area contributed by atoms with Gasteiger partial charge >= 0.3 is 6.18 Å². The van der Waals surface area contributed by atoms with Crippen LogP contribution in [-0.4, -0.2) is 26.4 Å². The van der Waals surface area contributed by atoms with Gasteiger partial charge in [-0.1, -0.05) is 18.2 Å². The minimum absolute atomic E-state index is 0.470. The number of nitrogens with zero attached hydrogens (tertiary/aromatic N) is 4. The molecular weight excluding hydrogens is 399 g/mol. The van der Waals surface area contributed by atoms with E-state index in [0.717, 1.165) is 28.2 Å². The Morgan fingerprint density at radius 2 is 1.93 bits per heavy atom. The van der Waals surface area contributed by atoms with Gasteiger partial charge in [0.1, 0.15) is 6.54 Å². The SMILES string of the molecule is C=CCn1c(-c2cccnc2)nn(C[NH+](C)Cc2ccc(C(F)(F)F)cc2)c1=S. The number of benzene rings is 1. The van der Waals surface area contributed by atoms with Crippen LogP contribution in [0.2, 0.25) is 0 Å². The average molecular weight is 420 g/mol. The molecule has 9 heteroatoms. The summed E-state index contributed by atoms with van der Waals surface area (Å²) in [6.45, 7) is 5.30. The fourth-order valence-electron chi connectivity index (χ4n) is 3.02. The summed E-state index contributed by atoms with van der Waals surface area (Å²) in [6.07, 6.45) is 0.834. The second-order valence-corrected chi connectivity index (χ2v) is 7.10. The van der Waals surface area contributed by atoms with E-state index in [-0.39, 0.29) is 0 Å². The molecule has 1 atom stereocenters. The van der Waals surface area contributed by atoms with Crippen molar-refractivity contribution < 1.29 is 18.1 Å². The molecule has 0 spiro atoms. The van der Waals surface area contributed by atoms with E-state index in [9.17, 15) is 13.2 Å². The van der Waals surface area contributed by atoms with Crippen LogP contribution >= 0.6 is 12.2 Å². The predicted octanol–water partition coefficient (Wildman–Crippen LogP) is 3.35. The van der Waals surface area contributed by atoms with E-state index in [1.807, 2.05) is 23.7 Å². The molecule has 1 N–H and O–H groups in total. The molecule has 3 rings (SSSR count). The van der Waals surface area contributed by atoms with E-state index in [4.69, 9.17) is 12.2 Å². The van der Waals surface area contributed by atoms with Crippen molar-refractivity contribution in [3.05, 3.63) is 77.3 Å². The molecular formula is C20H21F3N5S+. The van der Waals surface area contributed by atoms with Crippen LogP contribution in [-0.2, 0) is 25.9 Å². The van der Waals surface area contributed by atoms with E-state index >= 15 is 0 Å². The lowest BCUT2D eigenvalue weighted by atomic mass is 10.1. The van der Waals surface area contributed by atoms with Crippen molar-refractivity contribution >= 4 is 12.2 Å². The topological polar surface area (TPSA) is 40.1 Å². The fourth-order valence-corrected chi connectivity index (χ4v) is 3.28. The lowest BCUT2D eigenvalue weighted by molar-refractivity contribution is -0.917. The number of halogens is 3. The minimum atomic E-state index is -4.33. The summed E-state index contributed by atoms with van der Waals surface area (Å²) in [6, 6.07) is 8.96. The molecule has 1 aromatic carbocycles. The molecule has 0 radical (unpaired) electrons. The molecule has 152 valence electrons. The van der Waals surface area contributed by atoms with Crippen molar-refractivity contribution in [3.8, 4) is 11.4 Å².